The number of phosphoric ester groups is 1. The molecule has 0 aliphatic heterocycles. The molecule has 3 atom stereocenters. The standard InChI is InChI=1S/C42H77N2O6P/c1-6-8-10-12-14-16-18-20-21-22-24-25-27-29-31-33-35-41(45)40(39-50-51(47,48)49-38-37-44(3,4)5)43-42(46)36-34-32-30-28-26-23-19-17-15-13-11-9-7-2/h9,11,15,17,23,26,30,32-33,35,40-41,45H,6-8,10,12-14,16,18-22,24-25,27-29,31,34,36-39H2,1-5H3,(H-,43,46,47,48)/b11-9-,17-15-,26-23-,32-30-,35-33+. The molecule has 0 fully saturated rings. The topological polar surface area (TPSA) is 108 Å². The van der Waals surface area contributed by atoms with Gasteiger partial charge in [-0.25, -0.2) is 0 Å². The molecule has 0 aromatic heterocycles. The molecular weight excluding hydrogens is 659 g/mol. The van der Waals surface area contributed by atoms with Crippen LogP contribution in [0.5, 0.6) is 0 Å². The summed E-state index contributed by atoms with van der Waals surface area (Å²) in [5, 5.41) is 13.7. The first kappa shape index (κ1) is 49.2. The van der Waals surface area contributed by atoms with Crippen molar-refractivity contribution in [2.75, 3.05) is 40.9 Å². The number of hydrogen-bond donors (Lipinski definition) is 2. The molecule has 296 valence electrons. The molecule has 0 aliphatic rings. The molecule has 0 aromatic rings. The molecule has 0 saturated heterocycles. The van der Waals surface area contributed by atoms with E-state index in [9.17, 15) is 19.4 Å². The summed E-state index contributed by atoms with van der Waals surface area (Å²) in [6.45, 7) is 4.45. The minimum atomic E-state index is -4.60. The highest BCUT2D eigenvalue weighted by molar-refractivity contribution is 7.45. The van der Waals surface area contributed by atoms with Crippen molar-refractivity contribution in [2.24, 2.45) is 0 Å². The Kier molecular flexibility index (Phi) is 32.8. The van der Waals surface area contributed by atoms with E-state index in [1.54, 1.807) is 6.08 Å². The Balaban J connectivity index is 4.61. The van der Waals surface area contributed by atoms with Gasteiger partial charge in [-0.15, -0.1) is 0 Å². The maximum Gasteiger partial charge on any atom is 0.268 e. The SMILES string of the molecule is CC/C=C\C/C=C\C/C=C\C/C=C\CCC(=O)NC(COP(=O)([O-])OCC[N+](C)(C)C)C(O)/C=C/CCCCCCCCCCCCCCCC. The Bertz CT molecular complexity index is 1020. The van der Waals surface area contributed by atoms with E-state index in [1.807, 2.05) is 39.4 Å². The number of hydrogen-bond acceptors (Lipinski definition) is 6. The Morgan fingerprint density at radius 2 is 1.20 bits per heavy atom. The molecule has 0 radical (unpaired) electrons. The zero-order valence-corrected chi connectivity index (χ0v) is 34.2. The molecule has 8 nitrogen and oxygen atoms in total. The fourth-order valence-electron chi connectivity index (χ4n) is 5.28. The van der Waals surface area contributed by atoms with Crippen molar-refractivity contribution in [3.8, 4) is 0 Å². The van der Waals surface area contributed by atoms with E-state index in [0.29, 0.717) is 17.4 Å². The van der Waals surface area contributed by atoms with Gasteiger partial charge in [-0.3, -0.25) is 9.36 Å². The predicted octanol–water partition coefficient (Wildman–Crippen LogP) is 10.1. The van der Waals surface area contributed by atoms with Gasteiger partial charge in [0.1, 0.15) is 13.2 Å². The Hall–Kier alpha value is -1.80. The molecule has 0 aromatic carbocycles. The summed E-state index contributed by atoms with van der Waals surface area (Å²) >= 11 is 0. The number of nitrogens with one attached hydrogen (secondary N) is 1. The van der Waals surface area contributed by atoms with Crippen LogP contribution >= 0.6 is 7.82 Å². The summed E-state index contributed by atoms with van der Waals surface area (Å²) < 4.78 is 23.1. The van der Waals surface area contributed by atoms with Crippen molar-refractivity contribution < 1.29 is 32.9 Å². The zero-order valence-electron chi connectivity index (χ0n) is 33.3. The number of rotatable bonds is 35. The molecule has 0 saturated carbocycles. The van der Waals surface area contributed by atoms with Crippen LogP contribution in [0.2, 0.25) is 0 Å². The van der Waals surface area contributed by atoms with Crippen molar-refractivity contribution in [1.29, 1.82) is 0 Å². The second kappa shape index (κ2) is 34.0. The number of allylic oxidation sites excluding steroid dienone is 9. The van der Waals surface area contributed by atoms with Crippen LogP contribution in [0.1, 0.15) is 149 Å². The van der Waals surface area contributed by atoms with E-state index < -0.39 is 26.6 Å². The van der Waals surface area contributed by atoms with Crippen molar-refractivity contribution in [3.63, 3.8) is 0 Å². The van der Waals surface area contributed by atoms with Gasteiger partial charge in [-0.05, 0) is 44.9 Å². The van der Waals surface area contributed by atoms with Crippen LogP contribution in [0.25, 0.3) is 0 Å². The molecule has 0 spiro atoms. The van der Waals surface area contributed by atoms with E-state index in [1.165, 1.54) is 77.0 Å². The fourth-order valence-corrected chi connectivity index (χ4v) is 6.00. The second-order valence-corrected chi connectivity index (χ2v) is 16.0. The highest BCUT2D eigenvalue weighted by Crippen LogP contribution is 2.38. The summed E-state index contributed by atoms with van der Waals surface area (Å²) in [5.41, 5.74) is 0. The van der Waals surface area contributed by atoms with Gasteiger partial charge in [0, 0.05) is 6.42 Å². The predicted molar refractivity (Wildman–Crippen MR) is 214 cm³/mol. The molecule has 3 unspecified atom stereocenters. The van der Waals surface area contributed by atoms with Gasteiger partial charge in [-0.1, -0.05) is 158 Å². The number of carbonyl (C=O) groups excluding carboxylic acids is 1. The van der Waals surface area contributed by atoms with Crippen molar-refractivity contribution in [1.82, 2.24) is 5.32 Å². The van der Waals surface area contributed by atoms with Gasteiger partial charge in [0.25, 0.3) is 7.82 Å². The minimum Gasteiger partial charge on any atom is -0.756 e. The number of carbonyl (C=O) groups is 1. The van der Waals surface area contributed by atoms with Crippen LogP contribution in [0.3, 0.4) is 0 Å². The quantitative estimate of drug-likeness (QED) is 0.0290. The maximum absolute atomic E-state index is 12.7. The van der Waals surface area contributed by atoms with Gasteiger partial charge in [0.05, 0.1) is 39.9 Å². The van der Waals surface area contributed by atoms with Crippen LogP contribution in [-0.2, 0) is 18.4 Å². The molecule has 9 heteroatoms. The molecule has 1 amide bonds. The number of quaternary nitrogens is 1. The third-order valence-electron chi connectivity index (χ3n) is 8.50. The first-order valence-electron chi connectivity index (χ1n) is 20.2. The smallest absolute Gasteiger partial charge is 0.268 e. The van der Waals surface area contributed by atoms with Crippen LogP contribution in [0.4, 0.5) is 0 Å². The number of unbranched alkanes of at least 4 members (excludes halogenated alkanes) is 14. The maximum atomic E-state index is 12.7. The van der Waals surface area contributed by atoms with Crippen LogP contribution in [0.15, 0.2) is 60.8 Å². The first-order valence-corrected chi connectivity index (χ1v) is 21.6. The van der Waals surface area contributed by atoms with E-state index in [4.69, 9.17) is 9.05 Å². The van der Waals surface area contributed by atoms with Gasteiger partial charge in [0.15, 0.2) is 0 Å². The first-order chi connectivity index (χ1) is 24.5. The second-order valence-electron chi connectivity index (χ2n) is 14.6. The minimum absolute atomic E-state index is 0.0160. The monoisotopic (exact) mass is 737 g/mol. The summed E-state index contributed by atoms with van der Waals surface area (Å²) in [6.07, 6.45) is 42.8. The van der Waals surface area contributed by atoms with Crippen molar-refractivity contribution >= 4 is 13.7 Å². The molecule has 0 rings (SSSR count). The Morgan fingerprint density at radius 1 is 0.706 bits per heavy atom. The number of aliphatic hydroxyl groups is 1. The lowest BCUT2D eigenvalue weighted by atomic mass is 10.0. The number of likely N-dealkylation sites (N-methyl/N-ethyl adjacent to an activating group) is 1. The van der Waals surface area contributed by atoms with E-state index in [0.717, 1.165) is 44.9 Å². The Labute approximate surface area is 313 Å². The molecule has 0 aliphatic carbocycles. The largest absolute Gasteiger partial charge is 0.756 e. The molecular formula is C42H77N2O6P. The van der Waals surface area contributed by atoms with Gasteiger partial charge in [0.2, 0.25) is 5.91 Å². The van der Waals surface area contributed by atoms with Gasteiger partial charge >= 0.3 is 0 Å². The normalized spacial score (nSPS) is 15.2. The highest BCUT2D eigenvalue weighted by Gasteiger charge is 2.23. The van der Waals surface area contributed by atoms with Crippen LogP contribution in [-0.4, -0.2) is 68.5 Å². The highest BCUT2D eigenvalue weighted by atomic mass is 31.2. The summed E-state index contributed by atoms with van der Waals surface area (Å²) in [4.78, 5) is 25.1. The Morgan fingerprint density at radius 3 is 1.71 bits per heavy atom. The molecule has 0 heterocycles. The molecule has 51 heavy (non-hydrogen) atoms. The average molecular weight is 737 g/mol. The zero-order chi connectivity index (χ0) is 37.9. The van der Waals surface area contributed by atoms with E-state index in [2.05, 4.69) is 55.6 Å². The van der Waals surface area contributed by atoms with E-state index >= 15 is 0 Å². The summed E-state index contributed by atoms with van der Waals surface area (Å²) in [5.74, 6) is -0.280. The average Bonchev–Trinajstić information content (AvgIpc) is 3.07. The molecule has 2 N–H and O–H groups in total. The number of phosphoric acid groups is 1. The van der Waals surface area contributed by atoms with Crippen LogP contribution in [0, 0.1) is 0 Å². The van der Waals surface area contributed by atoms with E-state index in [-0.39, 0.29) is 18.9 Å². The summed E-state index contributed by atoms with van der Waals surface area (Å²) in [6, 6.07) is -0.924. The third-order valence-corrected chi connectivity index (χ3v) is 9.46. The lowest BCUT2D eigenvalue weighted by molar-refractivity contribution is -0.870. The lowest BCUT2D eigenvalue weighted by Gasteiger charge is -2.29. The lowest BCUT2D eigenvalue weighted by Crippen LogP contribution is -2.45. The number of aliphatic hydroxyl groups excluding tert-OH is 1. The fraction of sp³-hybridized carbons (Fsp3) is 0.738. The number of nitrogens with zero attached hydrogens (tertiary/aromatic N) is 1. The summed E-state index contributed by atoms with van der Waals surface area (Å²) in [7, 11) is 1.21. The van der Waals surface area contributed by atoms with Crippen molar-refractivity contribution in [3.05, 3.63) is 60.8 Å². The number of amides is 1. The van der Waals surface area contributed by atoms with Crippen molar-refractivity contribution in [2.45, 2.75) is 161 Å². The van der Waals surface area contributed by atoms with Gasteiger partial charge in [-0.2, -0.15) is 0 Å². The van der Waals surface area contributed by atoms with Crippen LogP contribution < -0.4 is 10.2 Å². The van der Waals surface area contributed by atoms with Gasteiger partial charge < -0.3 is 28.8 Å². The third kappa shape index (κ3) is 36.4. The molecule has 0 bridgehead atoms.